The summed E-state index contributed by atoms with van der Waals surface area (Å²) in [6.07, 6.45) is 2.86. The normalized spacial score (nSPS) is 23.3. The number of carbonyl (C=O) groups is 2. The number of carboxylic acids is 1. The number of rotatable bonds is 5. The smallest absolute Gasteiger partial charge is 0.307 e. The molecule has 1 aliphatic rings. The summed E-state index contributed by atoms with van der Waals surface area (Å²) in [5, 5.41) is 21.5. The number of amides is 1. The third-order valence-corrected chi connectivity index (χ3v) is 4.12. The number of benzene rings is 1. The third kappa shape index (κ3) is 3.82. The molecule has 114 valence electrons. The topological polar surface area (TPSA) is 86.6 Å². The van der Waals surface area contributed by atoms with E-state index in [0.29, 0.717) is 12.8 Å². The number of aliphatic carboxylic acids is 1. The highest BCUT2D eigenvalue weighted by molar-refractivity contribution is 5.85. The van der Waals surface area contributed by atoms with Crippen molar-refractivity contribution in [3.05, 3.63) is 35.9 Å². The van der Waals surface area contributed by atoms with Crippen LogP contribution in [0.1, 0.15) is 37.3 Å². The van der Waals surface area contributed by atoms with Crippen LogP contribution >= 0.6 is 0 Å². The van der Waals surface area contributed by atoms with Crippen LogP contribution in [0.15, 0.2) is 30.3 Å². The second kappa shape index (κ2) is 7.22. The molecule has 3 atom stereocenters. The molecule has 3 N–H and O–H groups in total. The summed E-state index contributed by atoms with van der Waals surface area (Å²) >= 11 is 0. The first kappa shape index (κ1) is 15.5. The molecule has 0 aromatic heterocycles. The lowest BCUT2D eigenvalue weighted by atomic mass is 9.78. The lowest BCUT2D eigenvalue weighted by Gasteiger charge is -2.29. The van der Waals surface area contributed by atoms with Gasteiger partial charge in [0.1, 0.15) is 0 Å². The molecule has 0 aliphatic heterocycles. The van der Waals surface area contributed by atoms with E-state index in [1.165, 1.54) is 0 Å². The van der Waals surface area contributed by atoms with Crippen molar-refractivity contribution in [2.24, 2.45) is 11.8 Å². The van der Waals surface area contributed by atoms with Crippen molar-refractivity contribution in [1.82, 2.24) is 5.32 Å². The van der Waals surface area contributed by atoms with Crippen molar-refractivity contribution in [3.63, 3.8) is 0 Å². The van der Waals surface area contributed by atoms with Crippen LogP contribution in [0, 0.1) is 11.8 Å². The van der Waals surface area contributed by atoms with Crippen LogP contribution in [-0.4, -0.2) is 28.7 Å². The Bertz CT molecular complexity index is 488. The fourth-order valence-corrected chi connectivity index (χ4v) is 2.94. The quantitative estimate of drug-likeness (QED) is 0.771. The average Bonchev–Trinajstić information content (AvgIpc) is 2.53. The first-order valence-corrected chi connectivity index (χ1v) is 7.32. The van der Waals surface area contributed by atoms with Crippen molar-refractivity contribution in [3.8, 4) is 0 Å². The largest absolute Gasteiger partial charge is 0.481 e. The zero-order valence-electron chi connectivity index (χ0n) is 11.9. The minimum atomic E-state index is -0.907. The zero-order valence-corrected chi connectivity index (χ0v) is 11.9. The Balaban J connectivity index is 2.06. The number of hydrogen-bond donors (Lipinski definition) is 3. The number of hydrogen-bond acceptors (Lipinski definition) is 3. The maximum atomic E-state index is 12.4. The highest BCUT2D eigenvalue weighted by Crippen LogP contribution is 2.31. The molecule has 1 amide bonds. The Morgan fingerprint density at radius 3 is 2.33 bits per heavy atom. The van der Waals surface area contributed by atoms with E-state index >= 15 is 0 Å². The third-order valence-electron chi connectivity index (χ3n) is 4.12. The number of carboxylic acid groups (broad SMARTS) is 1. The maximum Gasteiger partial charge on any atom is 0.307 e. The van der Waals surface area contributed by atoms with Crippen LogP contribution in [0.5, 0.6) is 0 Å². The molecule has 1 aromatic carbocycles. The molecule has 1 aliphatic carbocycles. The monoisotopic (exact) mass is 291 g/mol. The molecule has 0 heterocycles. The van der Waals surface area contributed by atoms with Crippen LogP contribution in [0.3, 0.4) is 0 Å². The SMILES string of the molecule is O=C(O)C1CCCCC1C(=O)N[C@H](CO)c1ccccc1. The van der Waals surface area contributed by atoms with Crippen molar-refractivity contribution in [1.29, 1.82) is 0 Å². The van der Waals surface area contributed by atoms with Crippen LogP contribution in [-0.2, 0) is 9.59 Å². The van der Waals surface area contributed by atoms with Gasteiger partial charge in [0.2, 0.25) is 5.91 Å². The maximum absolute atomic E-state index is 12.4. The van der Waals surface area contributed by atoms with Gasteiger partial charge in [0, 0.05) is 0 Å². The van der Waals surface area contributed by atoms with Crippen molar-refractivity contribution in [2.75, 3.05) is 6.61 Å². The van der Waals surface area contributed by atoms with Crippen LogP contribution in [0.25, 0.3) is 0 Å². The van der Waals surface area contributed by atoms with E-state index in [-0.39, 0.29) is 12.5 Å². The van der Waals surface area contributed by atoms with Gasteiger partial charge in [0.15, 0.2) is 0 Å². The van der Waals surface area contributed by atoms with Gasteiger partial charge in [-0.1, -0.05) is 43.2 Å². The first-order chi connectivity index (χ1) is 10.1. The second-order valence-electron chi connectivity index (χ2n) is 5.49. The molecule has 1 saturated carbocycles. The fraction of sp³-hybridized carbons (Fsp3) is 0.500. The minimum absolute atomic E-state index is 0.208. The van der Waals surface area contributed by atoms with Crippen molar-refractivity contribution < 1.29 is 19.8 Å². The Morgan fingerprint density at radius 2 is 1.76 bits per heavy atom. The van der Waals surface area contributed by atoms with E-state index in [2.05, 4.69) is 5.32 Å². The lowest BCUT2D eigenvalue weighted by molar-refractivity contribution is -0.149. The summed E-state index contributed by atoms with van der Waals surface area (Å²) in [4.78, 5) is 23.6. The van der Waals surface area contributed by atoms with Gasteiger partial charge in [-0.05, 0) is 18.4 Å². The summed E-state index contributed by atoms with van der Waals surface area (Å²) in [6, 6.07) is 8.71. The molecular formula is C16H21NO4. The molecule has 1 fully saturated rings. The van der Waals surface area contributed by atoms with E-state index in [4.69, 9.17) is 0 Å². The van der Waals surface area contributed by atoms with Crippen LogP contribution in [0.4, 0.5) is 0 Å². The van der Waals surface area contributed by atoms with E-state index in [1.54, 1.807) is 0 Å². The lowest BCUT2D eigenvalue weighted by Crippen LogP contribution is -2.42. The number of nitrogens with one attached hydrogen (secondary N) is 1. The number of carbonyl (C=O) groups excluding carboxylic acids is 1. The van der Waals surface area contributed by atoms with Gasteiger partial charge in [-0.15, -0.1) is 0 Å². The number of aliphatic hydroxyl groups excluding tert-OH is 1. The second-order valence-corrected chi connectivity index (χ2v) is 5.49. The summed E-state index contributed by atoms with van der Waals surface area (Å²) in [5.41, 5.74) is 0.816. The highest BCUT2D eigenvalue weighted by Gasteiger charge is 2.36. The van der Waals surface area contributed by atoms with E-state index < -0.39 is 23.8 Å². The van der Waals surface area contributed by atoms with Gasteiger partial charge in [-0.25, -0.2) is 0 Å². The van der Waals surface area contributed by atoms with E-state index in [9.17, 15) is 19.8 Å². The van der Waals surface area contributed by atoms with Gasteiger partial charge in [-0.2, -0.15) is 0 Å². The highest BCUT2D eigenvalue weighted by atomic mass is 16.4. The molecule has 21 heavy (non-hydrogen) atoms. The molecule has 2 unspecified atom stereocenters. The standard InChI is InChI=1S/C16H21NO4/c18-10-14(11-6-2-1-3-7-11)17-15(19)12-8-4-5-9-13(12)16(20)21/h1-3,6-7,12-14,18H,4-5,8-10H2,(H,17,19)(H,20,21)/t12?,13?,14-/m1/s1. The molecule has 2 rings (SSSR count). The Morgan fingerprint density at radius 1 is 1.14 bits per heavy atom. The molecule has 1 aromatic rings. The van der Waals surface area contributed by atoms with Gasteiger partial charge >= 0.3 is 5.97 Å². The van der Waals surface area contributed by atoms with E-state index in [0.717, 1.165) is 18.4 Å². The van der Waals surface area contributed by atoms with Gasteiger partial charge in [0.25, 0.3) is 0 Å². The predicted molar refractivity (Wildman–Crippen MR) is 77.5 cm³/mol. The van der Waals surface area contributed by atoms with Crippen molar-refractivity contribution in [2.45, 2.75) is 31.7 Å². The molecule has 5 heteroatoms. The summed E-state index contributed by atoms with van der Waals surface area (Å²) in [6.45, 7) is -0.208. The van der Waals surface area contributed by atoms with Crippen molar-refractivity contribution >= 4 is 11.9 Å². The number of aliphatic hydroxyl groups is 1. The molecular weight excluding hydrogens is 270 g/mol. The minimum Gasteiger partial charge on any atom is -0.481 e. The molecule has 0 saturated heterocycles. The van der Waals surface area contributed by atoms with Gasteiger partial charge < -0.3 is 15.5 Å². The van der Waals surface area contributed by atoms with Gasteiger partial charge in [0.05, 0.1) is 24.5 Å². The molecule has 0 radical (unpaired) electrons. The molecule has 5 nitrogen and oxygen atoms in total. The fourth-order valence-electron chi connectivity index (χ4n) is 2.94. The molecule has 0 spiro atoms. The Kier molecular flexibility index (Phi) is 5.33. The molecule has 0 bridgehead atoms. The first-order valence-electron chi connectivity index (χ1n) is 7.32. The average molecular weight is 291 g/mol. The Labute approximate surface area is 124 Å². The van der Waals surface area contributed by atoms with E-state index in [1.807, 2.05) is 30.3 Å². The van der Waals surface area contributed by atoms with Gasteiger partial charge in [-0.3, -0.25) is 9.59 Å². The zero-order chi connectivity index (χ0) is 15.2. The summed E-state index contributed by atoms with van der Waals surface area (Å²) in [7, 11) is 0. The summed E-state index contributed by atoms with van der Waals surface area (Å²) < 4.78 is 0. The van der Waals surface area contributed by atoms with Crippen LogP contribution in [0.2, 0.25) is 0 Å². The Hall–Kier alpha value is -1.88. The predicted octanol–water partition coefficient (Wildman–Crippen LogP) is 1.73. The van der Waals surface area contributed by atoms with Crippen LogP contribution < -0.4 is 5.32 Å². The summed E-state index contributed by atoms with van der Waals surface area (Å²) in [5.74, 6) is -2.30.